The molecule has 0 bridgehead atoms. The number of hydrogen-bond acceptors (Lipinski definition) is 4. The van der Waals surface area contributed by atoms with Crippen LogP contribution in [0.1, 0.15) is 10.4 Å². The van der Waals surface area contributed by atoms with E-state index in [2.05, 4.69) is 68.5 Å². The van der Waals surface area contributed by atoms with Crippen LogP contribution in [0.4, 0.5) is 0 Å². The molecule has 98 valence electrons. The first-order chi connectivity index (χ1) is 8.25. The third kappa shape index (κ3) is 4.32. The maximum Gasteiger partial charge on any atom is 0.350 e. The summed E-state index contributed by atoms with van der Waals surface area (Å²) in [6.45, 7) is 0. The average Bonchev–Trinajstić information content (AvgIpc) is 2.29. The smallest absolute Gasteiger partial charge is 0.350 e. The van der Waals surface area contributed by atoms with Crippen molar-refractivity contribution in [1.82, 2.24) is 0 Å². The lowest BCUT2D eigenvalue weighted by Crippen LogP contribution is -2.24. The lowest BCUT2D eigenvalue weighted by atomic mass is 10.2. The monoisotopic (exact) mass is 506 g/mol. The van der Waals surface area contributed by atoms with Gasteiger partial charge in [-0.2, -0.15) is 0 Å². The molecule has 0 radical (unpaired) electrons. The van der Waals surface area contributed by atoms with Gasteiger partial charge in [0.05, 0.1) is 7.11 Å². The molecule has 4 nitrogen and oxygen atoms in total. The highest BCUT2D eigenvalue weighted by Crippen LogP contribution is 2.36. The third-order valence-corrected chi connectivity index (χ3v) is 3.25. The van der Waals surface area contributed by atoms with Gasteiger partial charge in [-0.25, -0.2) is 9.59 Å². The molecule has 0 aromatic heterocycles. The van der Waals surface area contributed by atoms with E-state index in [-0.39, 0.29) is 11.3 Å². The number of methoxy groups -OCH3 is 1. The summed E-state index contributed by atoms with van der Waals surface area (Å²) in [6, 6.07) is 4.65. The van der Waals surface area contributed by atoms with Crippen LogP contribution in [-0.2, 0) is 9.53 Å². The van der Waals surface area contributed by atoms with Crippen molar-refractivity contribution in [2.45, 2.75) is 2.14 Å². The summed E-state index contributed by atoms with van der Waals surface area (Å²) in [6.07, 6.45) is 0. The molecule has 1 aromatic rings. The first-order valence-corrected chi connectivity index (χ1v) is 7.59. The minimum Gasteiger partial charge on any atom is -0.465 e. The van der Waals surface area contributed by atoms with Crippen LogP contribution < -0.4 is 4.74 Å². The highest BCUT2D eigenvalue weighted by atomic mass is 80.0. The first kappa shape index (κ1) is 16.1. The van der Waals surface area contributed by atoms with Gasteiger partial charge in [-0.05, 0) is 66.0 Å². The fourth-order valence-electron chi connectivity index (χ4n) is 1.02. The van der Waals surface area contributed by atoms with Crippen LogP contribution in [0.2, 0.25) is 0 Å². The van der Waals surface area contributed by atoms with E-state index in [1.54, 1.807) is 6.07 Å². The Morgan fingerprint density at radius 1 is 1.22 bits per heavy atom. The van der Waals surface area contributed by atoms with Gasteiger partial charge in [0.2, 0.25) is 2.14 Å². The predicted octanol–water partition coefficient (Wildman–Crippen LogP) is 3.98. The molecule has 0 spiro atoms. The average molecular weight is 510 g/mol. The Kier molecular flexibility index (Phi) is 5.82. The summed E-state index contributed by atoms with van der Waals surface area (Å²) >= 11 is 12.3. The quantitative estimate of drug-likeness (QED) is 0.344. The number of hydrogen-bond donors (Lipinski definition) is 0. The molecule has 0 aliphatic heterocycles. The molecule has 18 heavy (non-hydrogen) atoms. The molecule has 0 amide bonds. The summed E-state index contributed by atoms with van der Waals surface area (Å²) in [5.74, 6) is -1.14. The van der Waals surface area contributed by atoms with Crippen LogP contribution in [0.5, 0.6) is 5.75 Å². The molecule has 1 rings (SSSR count). The number of alkyl halides is 3. The van der Waals surface area contributed by atoms with Gasteiger partial charge >= 0.3 is 11.9 Å². The Hall–Kier alpha value is 0.0800. The first-order valence-electron chi connectivity index (χ1n) is 4.42. The molecular formula is C10H6Br4O4. The second kappa shape index (κ2) is 6.49. The number of rotatable bonds is 2. The lowest BCUT2D eigenvalue weighted by molar-refractivity contribution is -0.132. The van der Waals surface area contributed by atoms with Crippen LogP contribution >= 0.6 is 63.7 Å². The maximum atomic E-state index is 11.7. The number of halogens is 4. The Balaban J connectivity index is 3.09. The van der Waals surface area contributed by atoms with Gasteiger partial charge in [0.1, 0.15) is 11.3 Å². The van der Waals surface area contributed by atoms with Gasteiger partial charge in [0.15, 0.2) is 0 Å². The van der Waals surface area contributed by atoms with Crippen LogP contribution in [0, 0.1) is 0 Å². The van der Waals surface area contributed by atoms with Crippen molar-refractivity contribution < 1.29 is 19.1 Å². The fourth-order valence-corrected chi connectivity index (χ4v) is 1.62. The molecule has 0 atom stereocenters. The molecule has 0 N–H and O–H groups in total. The van der Waals surface area contributed by atoms with Crippen LogP contribution in [-0.4, -0.2) is 21.2 Å². The molecule has 0 heterocycles. The van der Waals surface area contributed by atoms with Crippen molar-refractivity contribution in [3.05, 3.63) is 28.2 Å². The third-order valence-electron chi connectivity index (χ3n) is 1.78. The van der Waals surface area contributed by atoms with Crippen molar-refractivity contribution in [2.24, 2.45) is 0 Å². The van der Waals surface area contributed by atoms with Crippen molar-refractivity contribution in [2.75, 3.05) is 7.11 Å². The van der Waals surface area contributed by atoms with E-state index >= 15 is 0 Å². The molecule has 0 unspecified atom stereocenters. The van der Waals surface area contributed by atoms with E-state index in [9.17, 15) is 9.59 Å². The summed E-state index contributed by atoms with van der Waals surface area (Å²) in [5.41, 5.74) is 0.150. The Morgan fingerprint density at radius 2 is 1.83 bits per heavy atom. The number of benzene rings is 1. The summed E-state index contributed by atoms with van der Waals surface area (Å²) in [5, 5.41) is 0. The van der Waals surface area contributed by atoms with Crippen molar-refractivity contribution in [1.29, 1.82) is 0 Å². The number of ether oxygens (including phenoxy) is 2. The zero-order valence-electron chi connectivity index (χ0n) is 8.88. The van der Waals surface area contributed by atoms with E-state index in [1.165, 1.54) is 19.2 Å². The van der Waals surface area contributed by atoms with Gasteiger partial charge in [-0.15, -0.1) is 0 Å². The van der Waals surface area contributed by atoms with Gasteiger partial charge in [0.25, 0.3) is 0 Å². The van der Waals surface area contributed by atoms with E-state index in [0.717, 1.165) is 0 Å². The largest absolute Gasteiger partial charge is 0.465 e. The molecule has 0 fully saturated rings. The SMILES string of the molecule is COC(=O)c1cc(Br)ccc1OC(=O)C(Br)(Br)Br. The zero-order valence-corrected chi connectivity index (χ0v) is 15.2. The van der Waals surface area contributed by atoms with Gasteiger partial charge in [0, 0.05) is 4.47 Å². The Bertz CT molecular complexity index is 481. The molecule has 8 heteroatoms. The van der Waals surface area contributed by atoms with Crippen LogP contribution in [0.3, 0.4) is 0 Å². The topological polar surface area (TPSA) is 52.6 Å². The molecule has 0 aliphatic carbocycles. The standard InChI is InChI=1S/C10H6Br4O4/c1-17-8(15)6-4-5(11)2-3-7(6)18-9(16)10(12,13)14/h2-4H,1H3. The van der Waals surface area contributed by atoms with E-state index in [0.29, 0.717) is 4.47 Å². The van der Waals surface area contributed by atoms with E-state index < -0.39 is 14.1 Å². The van der Waals surface area contributed by atoms with Crippen molar-refractivity contribution >= 4 is 75.7 Å². The minimum atomic E-state index is -1.20. The van der Waals surface area contributed by atoms with Crippen LogP contribution in [0.25, 0.3) is 0 Å². The summed E-state index contributed by atoms with van der Waals surface area (Å²) in [4.78, 5) is 23.2. The Morgan fingerprint density at radius 3 is 2.33 bits per heavy atom. The van der Waals surface area contributed by atoms with E-state index in [4.69, 9.17) is 4.74 Å². The molecular weight excluding hydrogens is 504 g/mol. The van der Waals surface area contributed by atoms with Crippen molar-refractivity contribution in [3.8, 4) is 5.75 Å². The lowest BCUT2D eigenvalue weighted by Gasteiger charge is -2.13. The maximum absolute atomic E-state index is 11.7. The zero-order chi connectivity index (χ0) is 13.9. The number of esters is 2. The van der Waals surface area contributed by atoms with Gasteiger partial charge in [-0.1, -0.05) is 15.9 Å². The van der Waals surface area contributed by atoms with Gasteiger partial charge < -0.3 is 9.47 Å². The number of carbonyl (C=O) groups excluding carboxylic acids is 2. The van der Waals surface area contributed by atoms with Crippen molar-refractivity contribution in [3.63, 3.8) is 0 Å². The number of carbonyl (C=O) groups is 2. The Labute approximate surface area is 137 Å². The molecule has 1 aromatic carbocycles. The predicted molar refractivity (Wildman–Crippen MR) is 80.6 cm³/mol. The highest BCUT2D eigenvalue weighted by Gasteiger charge is 2.32. The molecule has 0 aliphatic rings. The second-order valence-electron chi connectivity index (χ2n) is 3.02. The minimum absolute atomic E-state index is 0.109. The highest BCUT2D eigenvalue weighted by molar-refractivity contribution is 9.40. The normalized spacial score (nSPS) is 10.9. The second-order valence-corrected chi connectivity index (χ2v) is 10.7. The summed E-state index contributed by atoms with van der Waals surface area (Å²) < 4.78 is 9.17. The molecule has 0 saturated carbocycles. The van der Waals surface area contributed by atoms with E-state index in [1.807, 2.05) is 0 Å². The fraction of sp³-hybridized carbons (Fsp3) is 0.200. The van der Waals surface area contributed by atoms with Gasteiger partial charge in [-0.3, -0.25) is 0 Å². The van der Waals surface area contributed by atoms with Crippen LogP contribution in [0.15, 0.2) is 22.7 Å². The molecule has 0 saturated heterocycles. The summed E-state index contributed by atoms with van der Waals surface area (Å²) in [7, 11) is 1.25.